The van der Waals surface area contributed by atoms with E-state index in [1.54, 1.807) is 0 Å². The molecule has 1 N–H and O–H groups in total. The highest BCUT2D eigenvalue weighted by Gasteiger charge is 2.22. The minimum absolute atomic E-state index is 0.0694. The van der Waals surface area contributed by atoms with Crippen LogP contribution in [-0.2, 0) is 11.2 Å². The number of rotatable bonds is 6. The zero-order chi connectivity index (χ0) is 17.8. The van der Waals surface area contributed by atoms with Gasteiger partial charge in [0.15, 0.2) is 6.61 Å². The molecule has 0 unspecified atom stereocenters. The van der Waals surface area contributed by atoms with Crippen molar-refractivity contribution in [2.24, 2.45) is 0 Å². The summed E-state index contributed by atoms with van der Waals surface area (Å²) < 4.78 is 18.0. The van der Waals surface area contributed by atoms with Gasteiger partial charge in [0.2, 0.25) is 0 Å². The Morgan fingerprint density at radius 1 is 1.32 bits per heavy atom. The fraction of sp³-hybridized carbons (Fsp3) is 0.316. The van der Waals surface area contributed by atoms with E-state index in [1.165, 1.54) is 0 Å². The Bertz CT molecular complexity index is 778. The second-order valence-electron chi connectivity index (χ2n) is 5.82. The maximum absolute atomic E-state index is 12.3. The fourth-order valence-corrected chi connectivity index (χ4v) is 3.22. The molecule has 0 spiro atoms. The van der Waals surface area contributed by atoms with Crippen LogP contribution in [0, 0.1) is 3.57 Å². The number of fused-ring (bicyclic) bond motifs is 1. The summed E-state index contributed by atoms with van der Waals surface area (Å²) in [6, 6.07) is 11.3. The molecule has 0 aliphatic carbocycles. The van der Waals surface area contributed by atoms with Crippen molar-refractivity contribution in [2.45, 2.75) is 26.4 Å². The van der Waals surface area contributed by atoms with Gasteiger partial charge >= 0.3 is 0 Å². The van der Waals surface area contributed by atoms with Gasteiger partial charge in [-0.2, -0.15) is 0 Å². The Morgan fingerprint density at radius 2 is 2.16 bits per heavy atom. The van der Waals surface area contributed by atoms with E-state index in [0.29, 0.717) is 23.8 Å². The van der Waals surface area contributed by atoms with Gasteiger partial charge in [0, 0.05) is 21.6 Å². The number of anilines is 1. The van der Waals surface area contributed by atoms with Gasteiger partial charge in [0.25, 0.3) is 5.91 Å². The van der Waals surface area contributed by atoms with Crippen LogP contribution in [0.1, 0.15) is 19.4 Å². The van der Waals surface area contributed by atoms with Crippen molar-refractivity contribution in [3.8, 4) is 17.2 Å². The molecule has 1 aliphatic heterocycles. The van der Waals surface area contributed by atoms with Crippen LogP contribution in [0.25, 0.3) is 0 Å². The van der Waals surface area contributed by atoms with Gasteiger partial charge in [-0.25, -0.2) is 0 Å². The largest absolute Gasteiger partial charge is 0.492 e. The van der Waals surface area contributed by atoms with Crippen molar-refractivity contribution in [1.82, 2.24) is 0 Å². The molecule has 1 atom stereocenters. The molecule has 2 aromatic rings. The van der Waals surface area contributed by atoms with E-state index in [2.05, 4.69) is 27.9 Å². The molecule has 5 nitrogen and oxygen atoms in total. The number of carbonyl (C=O) groups excluding carboxylic acids is 1. The van der Waals surface area contributed by atoms with Crippen LogP contribution < -0.4 is 19.5 Å². The van der Waals surface area contributed by atoms with Gasteiger partial charge in [-0.15, -0.1) is 0 Å². The van der Waals surface area contributed by atoms with E-state index in [9.17, 15) is 4.79 Å². The summed E-state index contributed by atoms with van der Waals surface area (Å²) in [6.07, 6.45) is 0.985. The molecule has 0 aromatic heterocycles. The van der Waals surface area contributed by atoms with E-state index in [1.807, 2.05) is 50.2 Å². The van der Waals surface area contributed by atoms with Crippen molar-refractivity contribution in [3.05, 3.63) is 45.5 Å². The first-order valence-corrected chi connectivity index (χ1v) is 9.27. The lowest BCUT2D eigenvalue weighted by atomic mass is 10.1. The Kier molecular flexibility index (Phi) is 5.67. The summed E-state index contributed by atoms with van der Waals surface area (Å²) in [5.74, 6) is 1.87. The number of ether oxygens (including phenoxy) is 3. The average molecular weight is 453 g/mol. The van der Waals surface area contributed by atoms with Crippen molar-refractivity contribution in [1.29, 1.82) is 0 Å². The second kappa shape index (κ2) is 7.95. The third-order valence-corrected chi connectivity index (χ3v) is 4.41. The normalized spacial score (nSPS) is 15.2. The molecule has 3 rings (SSSR count). The molecule has 1 amide bonds. The lowest BCUT2D eigenvalue weighted by Crippen LogP contribution is -2.20. The van der Waals surface area contributed by atoms with Crippen LogP contribution in [-0.4, -0.2) is 25.2 Å². The quantitative estimate of drug-likeness (QED) is 0.672. The third-order valence-electron chi connectivity index (χ3n) is 3.74. The van der Waals surface area contributed by atoms with E-state index in [4.69, 9.17) is 14.2 Å². The van der Waals surface area contributed by atoms with Crippen molar-refractivity contribution < 1.29 is 19.0 Å². The van der Waals surface area contributed by atoms with Gasteiger partial charge in [0.1, 0.15) is 23.4 Å². The molecule has 0 radical (unpaired) electrons. The number of hydrogen-bond acceptors (Lipinski definition) is 4. The highest BCUT2D eigenvalue weighted by Crippen LogP contribution is 2.38. The second-order valence-corrected chi connectivity index (χ2v) is 7.06. The molecule has 1 aliphatic rings. The molecular weight excluding hydrogens is 433 g/mol. The van der Waals surface area contributed by atoms with E-state index < -0.39 is 0 Å². The first-order valence-electron chi connectivity index (χ1n) is 8.19. The summed E-state index contributed by atoms with van der Waals surface area (Å²) in [5, 5.41) is 2.85. The number of carbonyl (C=O) groups is 1. The zero-order valence-corrected chi connectivity index (χ0v) is 16.3. The van der Waals surface area contributed by atoms with Gasteiger partial charge in [-0.3, -0.25) is 4.79 Å². The number of nitrogens with one attached hydrogen (secondary N) is 1. The predicted octanol–water partition coefficient (Wildman–Crippen LogP) is 4.03. The lowest BCUT2D eigenvalue weighted by Gasteiger charge is -2.14. The zero-order valence-electron chi connectivity index (χ0n) is 14.2. The number of halogens is 1. The number of benzene rings is 2. The van der Waals surface area contributed by atoms with Crippen LogP contribution in [0.2, 0.25) is 0 Å². The van der Waals surface area contributed by atoms with Crippen LogP contribution in [0.5, 0.6) is 17.2 Å². The molecule has 0 fully saturated rings. The Hall–Kier alpha value is -1.96. The molecule has 6 heteroatoms. The minimum Gasteiger partial charge on any atom is -0.492 e. The number of hydrogen-bond donors (Lipinski definition) is 1. The summed E-state index contributed by atoms with van der Waals surface area (Å²) >= 11 is 2.20. The molecular formula is C19H20INO4. The van der Waals surface area contributed by atoms with Crippen LogP contribution in [0.15, 0.2) is 36.4 Å². The summed E-state index contributed by atoms with van der Waals surface area (Å²) in [5.41, 5.74) is 1.70. The monoisotopic (exact) mass is 453 g/mol. The first kappa shape index (κ1) is 17.8. The molecule has 0 bridgehead atoms. The average Bonchev–Trinajstić information content (AvgIpc) is 2.92. The lowest BCUT2D eigenvalue weighted by molar-refractivity contribution is -0.118. The summed E-state index contributed by atoms with van der Waals surface area (Å²) in [6.45, 7) is 4.39. The van der Waals surface area contributed by atoms with Gasteiger partial charge in [-0.05, 0) is 60.7 Å². The predicted molar refractivity (Wildman–Crippen MR) is 105 cm³/mol. The van der Waals surface area contributed by atoms with Crippen LogP contribution >= 0.6 is 22.6 Å². The third kappa shape index (κ3) is 4.56. The van der Waals surface area contributed by atoms with Crippen LogP contribution in [0.4, 0.5) is 5.69 Å². The molecule has 25 heavy (non-hydrogen) atoms. The molecule has 0 saturated heterocycles. The van der Waals surface area contributed by atoms with Crippen molar-refractivity contribution in [2.75, 3.05) is 18.5 Å². The molecule has 132 valence electrons. The van der Waals surface area contributed by atoms with E-state index in [0.717, 1.165) is 21.3 Å². The topological polar surface area (TPSA) is 56.8 Å². The van der Waals surface area contributed by atoms with Crippen molar-refractivity contribution in [3.63, 3.8) is 0 Å². The van der Waals surface area contributed by atoms with Crippen LogP contribution in [0.3, 0.4) is 0 Å². The maximum Gasteiger partial charge on any atom is 0.262 e. The highest BCUT2D eigenvalue weighted by atomic mass is 127. The van der Waals surface area contributed by atoms with Gasteiger partial charge in [0.05, 0.1) is 12.3 Å². The Labute approximate surface area is 160 Å². The molecule has 1 heterocycles. The fourth-order valence-electron chi connectivity index (χ4n) is 2.70. The molecule has 2 aromatic carbocycles. The molecule has 0 saturated carbocycles. The van der Waals surface area contributed by atoms with E-state index >= 15 is 0 Å². The smallest absolute Gasteiger partial charge is 0.262 e. The minimum atomic E-state index is -0.245. The maximum atomic E-state index is 12.3. The van der Waals surface area contributed by atoms with Crippen molar-refractivity contribution >= 4 is 34.2 Å². The van der Waals surface area contributed by atoms with Gasteiger partial charge in [-0.1, -0.05) is 6.07 Å². The summed E-state index contributed by atoms with van der Waals surface area (Å²) in [4.78, 5) is 12.3. The van der Waals surface area contributed by atoms with E-state index in [-0.39, 0.29) is 18.6 Å². The standard InChI is InChI=1S/C19H20INO4/c1-3-23-18-8-13-7-12(2)25-17(13)10-16(18)21-19(22)11-24-15-6-4-5-14(20)9-15/h4-6,8-10,12H,3,7,11H2,1-2H3,(H,21,22)/t12-/m0/s1. The SMILES string of the molecule is CCOc1cc2c(cc1NC(=O)COc1cccc(I)c1)O[C@@H](C)C2. The highest BCUT2D eigenvalue weighted by molar-refractivity contribution is 14.1. The van der Waals surface area contributed by atoms with Gasteiger partial charge < -0.3 is 19.5 Å². The Balaban J connectivity index is 1.69. The first-order chi connectivity index (χ1) is 12.0. The number of amides is 1. The summed E-state index contributed by atoms with van der Waals surface area (Å²) in [7, 11) is 0. The Morgan fingerprint density at radius 3 is 2.92 bits per heavy atom.